The molecule has 0 saturated heterocycles. The third-order valence-electron chi connectivity index (χ3n) is 28.1. The summed E-state index contributed by atoms with van der Waals surface area (Å²) in [4.78, 5) is 25.2. The van der Waals surface area contributed by atoms with Crippen LogP contribution in [0.5, 0.6) is 0 Å². The molecule has 0 spiro atoms. The van der Waals surface area contributed by atoms with Gasteiger partial charge in [-0.3, -0.25) is 0 Å². The molecule has 0 fully saturated rings. The number of nitrogens with zero attached hydrogens (tertiary/aromatic N) is 9. The molecule has 0 bridgehead atoms. The Morgan fingerprint density at radius 2 is 0.550 bits per heavy atom. The minimum absolute atomic E-state index is 0.265. The van der Waals surface area contributed by atoms with Crippen molar-refractivity contribution >= 4 is 196 Å². The summed E-state index contributed by atoms with van der Waals surface area (Å²) in [5, 5.41) is 22.2. The molecule has 13 nitrogen and oxygen atoms in total. The summed E-state index contributed by atoms with van der Waals surface area (Å²) in [6.07, 6.45) is -0.265. The van der Waals surface area contributed by atoms with Crippen LogP contribution >= 0.6 is 11.3 Å². The van der Waals surface area contributed by atoms with Gasteiger partial charge in [0.2, 0.25) is 0 Å². The van der Waals surface area contributed by atoms with E-state index in [4.69, 9.17) is 38.2 Å². The lowest BCUT2D eigenvalue weighted by Crippen LogP contribution is -2.33. The Bertz CT molecular complexity index is 10200. The van der Waals surface area contributed by atoms with Crippen LogP contribution in [0.25, 0.3) is 252 Å². The van der Waals surface area contributed by atoms with Crippen molar-refractivity contribution in [1.29, 1.82) is 0 Å². The number of amidine groups is 2. The molecule has 30 rings (SSSR count). The summed E-state index contributed by atoms with van der Waals surface area (Å²) in [6.45, 7) is 0. The number of para-hydroxylation sites is 8. The van der Waals surface area contributed by atoms with Crippen LogP contribution in [0.4, 0.5) is 0 Å². The fraction of sp³-hybridized carbons (Fsp3) is 0.00794. The third-order valence-corrected chi connectivity index (χ3v) is 29.3. The van der Waals surface area contributed by atoms with E-state index in [1.54, 1.807) is 0 Å². The number of fused-ring (bicyclic) bond motifs is 24. The van der Waals surface area contributed by atoms with Gasteiger partial charge in [-0.1, -0.05) is 279 Å². The predicted octanol–water partition coefficient (Wildman–Crippen LogP) is 32.8. The zero-order valence-electron chi connectivity index (χ0n) is 75.0. The predicted molar refractivity (Wildman–Crippen MR) is 577 cm³/mol. The fourth-order valence-electron chi connectivity index (χ4n) is 21.7. The lowest BCUT2D eigenvalue weighted by Gasteiger charge is -2.23. The number of nitrogens with one attached hydrogen (secondary N) is 1. The highest BCUT2D eigenvalue weighted by molar-refractivity contribution is 7.25. The minimum Gasteiger partial charge on any atom is -0.456 e. The Morgan fingerprint density at radius 3 is 1.05 bits per heavy atom. The monoisotopic (exact) mass is 1810 g/mol. The first-order chi connectivity index (χ1) is 69.4. The average Bonchev–Trinajstić information content (AvgIpc) is 1.57. The Balaban J connectivity index is 0.000000134. The molecule has 1 unspecified atom stereocenters. The van der Waals surface area contributed by atoms with E-state index in [-0.39, 0.29) is 6.17 Å². The van der Waals surface area contributed by atoms with E-state index in [1.807, 2.05) is 133 Å². The SMILES string of the molecule is c1ccc(-c2nc(-c3ccccc3)nc(-c3ccc4oc5ccc(-n6c7ccccc7c7cc(-n8c9ccccc9c9cc(-c%10cccc%11c%10oc%10ccccc%10%11)ccc98)ccc76)cc5c4c3)n2)cc1.c1ccc(C2=NC(c3ccccc3)NC(c3ccc4sc5ccc(-n6c7ccccc7c7cc(-n8c9ccccc9c9cc(-c%10cccc%11c%10oc%10ccccc%10%11)ccc98)ccc76)cc5c4c3)=N2)cc1. The van der Waals surface area contributed by atoms with Crippen LogP contribution in [0.2, 0.25) is 0 Å². The number of furan rings is 3. The van der Waals surface area contributed by atoms with Crippen molar-refractivity contribution < 1.29 is 13.3 Å². The van der Waals surface area contributed by atoms with Crippen LogP contribution in [-0.4, -0.2) is 44.9 Å². The molecule has 0 radical (unpaired) electrons. The minimum atomic E-state index is -0.265. The van der Waals surface area contributed by atoms with E-state index in [2.05, 4.69) is 351 Å². The number of aromatic nitrogens is 7. The van der Waals surface area contributed by atoms with E-state index < -0.39 is 0 Å². The standard InChI is InChI=1S/C63H37N5O2.C63H39N5OS/c1-3-14-38(15-4-1)61-64-62(39-16-5-2-6-17-39)66-63(65-61)41-27-32-58-51(35-41)52-37-43(29-33-59(52)69-58)68-54-24-11-8-19-46(54)50-36-42(28-31-56(50)68)67-53-23-10-7-18-45(53)49-34-40(26-30-55(49)67)44-21-13-22-48-47-20-9-12-25-57(47)70-60(44)48;1-3-14-38(15-4-1)61-64-62(39-16-5-2-6-17-39)66-63(65-61)41-27-32-58-51(35-41)52-37-43(29-33-59(52)70-58)68-54-24-11-8-19-46(54)50-36-42(28-31-56(50)68)67-53-23-10-7-18-45(53)49-34-40(26-30-55(49)67)44-21-13-22-48-47-20-9-12-25-57(47)69-60(44)48/h1-37H;1-37,61H,(H,64,65,66). The molecule has 1 atom stereocenters. The lowest BCUT2D eigenvalue weighted by molar-refractivity contribution is 0.668. The Labute approximate surface area is 803 Å². The molecule has 1 aliphatic rings. The van der Waals surface area contributed by atoms with Gasteiger partial charge < -0.3 is 36.8 Å². The number of rotatable bonds is 12. The molecular weight excluding hydrogens is 1730 g/mol. The second-order valence-corrected chi connectivity index (χ2v) is 37.2. The number of hydrogen-bond donors (Lipinski definition) is 1. The van der Waals surface area contributed by atoms with Gasteiger partial charge in [0.05, 0.1) is 44.1 Å². The first-order valence-electron chi connectivity index (χ1n) is 47.2. The zero-order valence-corrected chi connectivity index (χ0v) is 75.8. The maximum atomic E-state index is 6.50. The van der Waals surface area contributed by atoms with Crippen molar-refractivity contribution in [3.8, 4) is 79.2 Å². The van der Waals surface area contributed by atoms with Gasteiger partial charge in [0, 0.05) is 157 Å². The van der Waals surface area contributed by atoms with Gasteiger partial charge in [-0.15, -0.1) is 11.3 Å². The zero-order chi connectivity index (χ0) is 91.7. The molecule has 0 amide bonds. The summed E-state index contributed by atoms with van der Waals surface area (Å²) in [5.74, 6) is 3.37. The summed E-state index contributed by atoms with van der Waals surface area (Å²) in [5.41, 5.74) is 29.1. The number of benzene rings is 20. The van der Waals surface area contributed by atoms with Gasteiger partial charge in [0.25, 0.3) is 0 Å². The van der Waals surface area contributed by atoms with Gasteiger partial charge in [-0.25, -0.2) is 24.9 Å². The van der Waals surface area contributed by atoms with E-state index in [1.165, 1.54) is 74.3 Å². The van der Waals surface area contributed by atoms with Crippen LogP contribution in [0.3, 0.4) is 0 Å². The van der Waals surface area contributed by atoms with Crippen LogP contribution in [0.15, 0.2) is 472 Å². The smallest absolute Gasteiger partial charge is 0.164 e. The summed E-state index contributed by atoms with van der Waals surface area (Å²) in [6, 6.07) is 159. The molecule has 654 valence electrons. The van der Waals surface area contributed by atoms with Crippen LogP contribution in [-0.2, 0) is 0 Å². The van der Waals surface area contributed by atoms with Crippen molar-refractivity contribution in [2.45, 2.75) is 6.17 Å². The first kappa shape index (κ1) is 78.8. The van der Waals surface area contributed by atoms with Gasteiger partial charge in [0.1, 0.15) is 45.5 Å². The highest BCUT2D eigenvalue weighted by Gasteiger charge is 2.27. The third kappa shape index (κ3) is 12.7. The van der Waals surface area contributed by atoms with Gasteiger partial charge >= 0.3 is 0 Å². The number of aliphatic imine (C=N–C) groups is 2. The molecule has 29 aromatic rings. The molecule has 20 aromatic carbocycles. The average molecular weight is 1810 g/mol. The van der Waals surface area contributed by atoms with E-state index in [0.717, 1.165) is 189 Å². The molecule has 9 aromatic heterocycles. The molecule has 14 heteroatoms. The first-order valence-corrected chi connectivity index (χ1v) is 48.0. The molecule has 140 heavy (non-hydrogen) atoms. The maximum absolute atomic E-state index is 6.50. The normalized spacial score (nSPS) is 13.1. The number of thiophene rings is 1. The van der Waals surface area contributed by atoms with Crippen LogP contribution in [0, 0.1) is 0 Å². The highest BCUT2D eigenvalue weighted by atomic mass is 32.1. The number of hydrogen-bond acceptors (Lipinski definition) is 10. The molecule has 1 N–H and O–H groups in total. The van der Waals surface area contributed by atoms with Gasteiger partial charge in [-0.05, 0) is 187 Å². The largest absolute Gasteiger partial charge is 0.456 e. The van der Waals surface area contributed by atoms with E-state index in [0.29, 0.717) is 17.5 Å². The summed E-state index contributed by atoms with van der Waals surface area (Å²) in [7, 11) is 0. The maximum Gasteiger partial charge on any atom is 0.164 e. The van der Waals surface area contributed by atoms with Crippen molar-refractivity contribution in [2.75, 3.05) is 0 Å². The Hall–Kier alpha value is -18.6. The van der Waals surface area contributed by atoms with Gasteiger partial charge in [0.15, 0.2) is 23.3 Å². The van der Waals surface area contributed by atoms with Crippen molar-refractivity contribution in [3.05, 3.63) is 466 Å². The van der Waals surface area contributed by atoms with Crippen LogP contribution < -0.4 is 5.32 Å². The molecule has 10 heterocycles. The second-order valence-electron chi connectivity index (χ2n) is 36.1. The quantitative estimate of drug-likeness (QED) is 0.129. The second kappa shape index (κ2) is 31.5. The summed E-state index contributed by atoms with van der Waals surface area (Å²) >= 11 is 1.83. The lowest BCUT2D eigenvalue weighted by atomic mass is 10.0. The van der Waals surface area contributed by atoms with Crippen molar-refractivity contribution in [1.82, 2.24) is 38.5 Å². The molecular formula is C126H76N10O3S. The molecule has 0 aliphatic carbocycles. The summed E-state index contributed by atoms with van der Waals surface area (Å²) < 4.78 is 31.6. The Morgan fingerprint density at radius 1 is 0.221 bits per heavy atom. The van der Waals surface area contributed by atoms with E-state index >= 15 is 0 Å². The topological polar surface area (TPSA) is 135 Å². The van der Waals surface area contributed by atoms with E-state index in [9.17, 15) is 0 Å². The highest BCUT2D eigenvalue weighted by Crippen LogP contribution is 2.48. The van der Waals surface area contributed by atoms with Gasteiger partial charge in [-0.2, -0.15) is 0 Å². The fourth-order valence-corrected chi connectivity index (χ4v) is 22.8. The van der Waals surface area contributed by atoms with Crippen molar-refractivity contribution in [3.63, 3.8) is 0 Å². The molecule has 0 saturated carbocycles. The Kier molecular flexibility index (Phi) is 17.7. The van der Waals surface area contributed by atoms with Crippen LogP contribution in [0.1, 0.15) is 22.9 Å². The molecule has 1 aliphatic heterocycles. The van der Waals surface area contributed by atoms with Crippen molar-refractivity contribution in [2.24, 2.45) is 9.98 Å².